The van der Waals surface area contributed by atoms with Gasteiger partial charge in [0.2, 0.25) is 11.5 Å². The Morgan fingerprint density at radius 2 is 1.60 bits per heavy atom. The van der Waals surface area contributed by atoms with Gasteiger partial charge in [-0.15, -0.1) is 0 Å². The molecular weight excluding hydrogens is 785 g/mol. The van der Waals surface area contributed by atoms with Gasteiger partial charge in [0, 0.05) is 73.5 Å². The first kappa shape index (κ1) is 43.3. The minimum Gasteiger partial charge on any atom is -0.506 e. The highest BCUT2D eigenvalue weighted by Crippen LogP contribution is 2.30. The van der Waals surface area contributed by atoms with Gasteiger partial charge in [-0.1, -0.05) is 78.9 Å². The van der Waals surface area contributed by atoms with Gasteiger partial charge in [-0.05, 0) is 90.9 Å². The number of anilines is 2. The molecule has 1 fully saturated rings. The second kappa shape index (κ2) is 20.6. The molecule has 0 radical (unpaired) electrons. The lowest BCUT2D eigenvalue weighted by molar-refractivity contribution is -0.121. The minimum absolute atomic E-state index is 0.0207. The van der Waals surface area contributed by atoms with Crippen LogP contribution in [0.3, 0.4) is 0 Å². The van der Waals surface area contributed by atoms with Crippen molar-refractivity contribution in [1.29, 1.82) is 0 Å². The van der Waals surface area contributed by atoms with E-state index in [1.54, 1.807) is 30.3 Å². The topological polar surface area (TPSA) is 185 Å². The average molecular weight is 837 g/mol. The van der Waals surface area contributed by atoms with E-state index in [4.69, 9.17) is 4.74 Å². The molecule has 5 aromatic carbocycles. The van der Waals surface area contributed by atoms with E-state index < -0.39 is 12.2 Å². The monoisotopic (exact) mass is 836 g/mol. The number of aromatic nitrogens is 1. The first-order valence-electron chi connectivity index (χ1n) is 20.9. The van der Waals surface area contributed by atoms with Crippen molar-refractivity contribution in [2.75, 3.05) is 36.8 Å². The zero-order valence-corrected chi connectivity index (χ0v) is 34.6. The number of nitrogens with one attached hydrogen (secondary N) is 5. The van der Waals surface area contributed by atoms with Crippen molar-refractivity contribution in [2.45, 2.75) is 57.4 Å². The maximum Gasteiger partial charge on any atom is 0.411 e. The number of aliphatic hydroxyl groups excluding tert-OH is 1. The number of phenolic OH excluding ortho intramolecular Hbond substituents is 1. The van der Waals surface area contributed by atoms with Crippen molar-refractivity contribution in [1.82, 2.24) is 20.5 Å². The van der Waals surface area contributed by atoms with Crippen LogP contribution >= 0.6 is 0 Å². The van der Waals surface area contributed by atoms with Crippen molar-refractivity contribution in [3.05, 3.63) is 160 Å². The van der Waals surface area contributed by atoms with Crippen LogP contribution in [0.25, 0.3) is 22.0 Å². The third-order valence-electron chi connectivity index (χ3n) is 11.0. The molecule has 7 N–H and O–H groups in total. The average Bonchev–Trinajstić information content (AvgIpc) is 3.28. The number of hydrogen-bond donors (Lipinski definition) is 7. The molecule has 3 amide bonds. The summed E-state index contributed by atoms with van der Waals surface area (Å²) in [7, 11) is 0. The summed E-state index contributed by atoms with van der Waals surface area (Å²) < 4.78 is 5.76. The molecule has 2 heterocycles. The van der Waals surface area contributed by atoms with Gasteiger partial charge in [-0.2, -0.15) is 0 Å². The van der Waals surface area contributed by atoms with E-state index in [1.807, 2.05) is 91.9 Å². The van der Waals surface area contributed by atoms with Crippen molar-refractivity contribution in [3.8, 4) is 16.9 Å². The Labute approximate surface area is 360 Å². The number of H-pyrrole nitrogens is 1. The number of pyridine rings is 1. The SMILES string of the molecule is C[C@@H](Cc1cccc(NC(=O)c2cccc(CNC(=O)CCN3CCC(OC(=O)Nc4ccccc4-c4ccccc4)CC3)c2)c1)NC[C@H](O)c1ccc(O)c2[nH]c(=O)ccc12. The summed E-state index contributed by atoms with van der Waals surface area (Å²) in [5.41, 5.74) is 6.07. The van der Waals surface area contributed by atoms with Crippen LogP contribution in [0.1, 0.15) is 59.3 Å². The molecular formula is C49H52N6O7. The van der Waals surface area contributed by atoms with E-state index in [2.05, 4.69) is 31.2 Å². The fraction of sp³-hybridized carbons (Fsp3) is 0.265. The van der Waals surface area contributed by atoms with Crippen LogP contribution in [-0.2, 0) is 22.5 Å². The number of carbonyl (C=O) groups excluding carboxylic acids is 3. The second-order valence-electron chi connectivity index (χ2n) is 15.7. The number of aromatic amines is 1. The molecule has 6 aromatic rings. The molecule has 13 heteroatoms. The highest BCUT2D eigenvalue weighted by atomic mass is 16.6. The first-order chi connectivity index (χ1) is 30.1. The number of fused-ring (bicyclic) bond motifs is 1. The molecule has 0 bridgehead atoms. The predicted octanol–water partition coefficient (Wildman–Crippen LogP) is 7.13. The van der Waals surface area contributed by atoms with E-state index in [-0.39, 0.29) is 53.9 Å². The third-order valence-corrected chi connectivity index (χ3v) is 11.0. The van der Waals surface area contributed by atoms with Crippen LogP contribution in [0, 0.1) is 0 Å². The van der Waals surface area contributed by atoms with Gasteiger partial charge in [0.25, 0.3) is 5.91 Å². The maximum atomic E-state index is 13.3. The molecule has 0 spiro atoms. The Kier molecular flexibility index (Phi) is 14.4. The van der Waals surface area contributed by atoms with Gasteiger partial charge in [0.1, 0.15) is 11.9 Å². The Bertz CT molecular complexity index is 2550. The second-order valence-corrected chi connectivity index (χ2v) is 15.7. The molecule has 0 aliphatic carbocycles. The summed E-state index contributed by atoms with van der Waals surface area (Å²) in [6.45, 7) is 4.57. The van der Waals surface area contributed by atoms with Gasteiger partial charge < -0.3 is 40.8 Å². The van der Waals surface area contributed by atoms with E-state index >= 15 is 0 Å². The fourth-order valence-electron chi connectivity index (χ4n) is 7.75. The quantitative estimate of drug-likeness (QED) is 0.0533. The van der Waals surface area contributed by atoms with Crippen molar-refractivity contribution in [3.63, 3.8) is 0 Å². The number of piperidine rings is 1. The number of benzene rings is 5. The van der Waals surface area contributed by atoms with Crippen LogP contribution in [-0.4, -0.2) is 76.3 Å². The molecule has 320 valence electrons. The van der Waals surface area contributed by atoms with Crippen molar-refractivity contribution in [2.24, 2.45) is 0 Å². The zero-order chi connectivity index (χ0) is 43.4. The van der Waals surface area contributed by atoms with Crippen LogP contribution in [0.2, 0.25) is 0 Å². The molecule has 7 rings (SSSR count). The lowest BCUT2D eigenvalue weighted by Crippen LogP contribution is -2.40. The van der Waals surface area contributed by atoms with Gasteiger partial charge in [0.15, 0.2) is 0 Å². The number of rotatable bonds is 16. The minimum atomic E-state index is -0.880. The van der Waals surface area contributed by atoms with Crippen LogP contribution in [0.15, 0.2) is 132 Å². The third kappa shape index (κ3) is 11.7. The summed E-state index contributed by atoms with van der Waals surface area (Å²) in [4.78, 5) is 55.5. The number of phenols is 1. The van der Waals surface area contributed by atoms with Gasteiger partial charge >= 0.3 is 6.09 Å². The number of para-hydroxylation sites is 1. The standard InChI is InChI=1S/C49H52N6O7/c1-32(50-31-44(57)40-17-19-43(56)47-41(40)18-20-46(59)54-47)27-33-9-8-14-37(29-33)52-48(60)36-13-7-10-34(28-36)30-51-45(58)23-26-55-24-21-38(22-25-55)62-49(61)53-42-16-6-5-15-39(42)35-11-3-2-4-12-35/h2-20,28-29,32,38,44,50,56-57H,21-27,30-31H2,1H3,(H,51,58)(H,52,60)(H,53,61)(H,54,59)/t32-,44-/m0/s1. The Hall–Kier alpha value is -6.80. The summed E-state index contributed by atoms with van der Waals surface area (Å²) in [6.07, 6.45) is 0.766. The lowest BCUT2D eigenvalue weighted by Gasteiger charge is -2.31. The number of ether oxygens (including phenoxy) is 1. The highest BCUT2D eigenvalue weighted by Gasteiger charge is 2.23. The molecule has 13 nitrogen and oxygen atoms in total. The number of likely N-dealkylation sites (tertiary alicyclic amines) is 1. The van der Waals surface area contributed by atoms with Gasteiger partial charge in [-0.3, -0.25) is 19.7 Å². The number of carbonyl (C=O) groups is 3. The molecule has 1 aromatic heterocycles. The molecule has 1 aliphatic rings. The van der Waals surface area contributed by atoms with Gasteiger partial charge in [0.05, 0.1) is 17.3 Å². The lowest BCUT2D eigenvalue weighted by atomic mass is 10.0. The number of aliphatic hydroxyl groups is 1. The molecule has 0 unspecified atom stereocenters. The maximum absolute atomic E-state index is 13.3. The highest BCUT2D eigenvalue weighted by molar-refractivity contribution is 6.04. The number of nitrogens with zero attached hydrogens (tertiary/aromatic N) is 1. The van der Waals surface area contributed by atoms with Crippen molar-refractivity contribution >= 4 is 40.2 Å². The largest absolute Gasteiger partial charge is 0.506 e. The summed E-state index contributed by atoms with van der Waals surface area (Å²) in [6, 6.07) is 38.3. The molecule has 1 aliphatic heterocycles. The van der Waals surface area contributed by atoms with Crippen LogP contribution in [0.4, 0.5) is 16.2 Å². The zero-order valence-electron chi connectivity index (χ0n) is 34.6. The molecule has 1 saturated heterocycles. The Morgan fingerprint density at radius 3 is 2.42 bits per heavy atom. The summed E-state index contributed by atoms with van der Waals surface area (Å²) in [5, 5.41) is 33.9. The van der Waals surface area contributed by atoms with Crippen LogP contribution in [0.5, 0.6) is 5.75 Å². The number of hydrogen-bond acceptors (Lipinski definition) is 9. The van der Waals surface area contributed by atoms with Crippen LogP contribution < -0.4 is 26.8 Å². The predicted molar refractivity (Wildman–Crippen MR) is 241 cm³/mol. The first-order valence-corrected chi connectivity index (χ1v) is 20.9. The fourth-order valence-corrected chi connectivity index (χ4v) is 7.75. The normalized spacial score (nSPS) is 14.2. The summed E-state index contributed by atoms with van der Waals surface area (Å²) in [5.74, 6) is -0.418. The van der Waals surface area contributed by atoms with Gasteiger partial charge in [-0.25, -0.2) is 4.79 Å². The smallest absolute Gasteiger partial charge is 0.411 e. The Balaban J connectivity index is 0.810. The molecule has 2 atom stereocenters. The Morgan fingerprint density at radius 1 is 0.839 bits per heavy atom. The van der Waals surface area contributed by atoms with E-state index in [0.717, 1.165) is 35.3 Å². The molecule has 0 saturated carbocycles. The van der Waals surface area contributed by atoms with Crippen molar-refractivity contribution < 1.29 is 29.3 Å². The van der Waals surface area contributed by atoms with E-state index in [9.17, 15) is 29.4 Å². The van der Waals surface area contributed by atoms with E-state index in [1.165, 1.54) is 12.1 Å². The molecule has 62 heavy (non-hydrogen) atoms. The van der Waals surface area contributed by atoms with E-state index in [0.29, 0.717) is 60.1 Å². The summed E-state index contributed by atoms with van der Waals surface area (Å²) >= 11 is 0. The number of amides is 3. The number of aromatic hydroxyl groups is 1.